The van der Waals surface area contributed by atoms with Crippen LogP contribution in [-0.4, -0.2) is 33.1 Å². The molecule has 30 heavy (non-hydrogen) atoms. The first kappa shape index (κ1) is 22.1. The minimum absolute atomic E-state index is 0.237. The summed E-state index contributed by atoms with van der Waals surface area (Å²) in [7, 11) is 0. The van der Waals surface area contributed by atoms with E-state index in [0.29, 0.717) is 18.5 Å². The summed E-state index contributed by atoms with van der Waals surface area (Å²) in [6, 6.07) is 10.0. The SMILES string of the molecule is CCCC(O)C(CC)NC(=O)c1cc(Cc2ccc(-c3cncs3)cc2)c(C)cn1. The molecule has 6 heteroatoms. The van der Waals surface area contributed by atoms with Gasteiger partial charge in [0.05, 0.1) is 22.5 Å². The molecule has 0 aliphatic carbocycles. The molecule has 1 aromatic carbocycles. The highest BCUT2D eigenvalue weighted by Crippen LogP contribution is 2.24. The van der Waals surface area contributed by atoms with Crippen molar-refractivity contribution in [2.75, 3.05) is 0 Å². The summed E-state index contributed by atoms with van der Waals surface area (Å²) in [4.78, 5) is 22.3. The monoisotopic (exact) mass is 423 g/mol. The van der Waals surface area contributed by atoms with Crippen LogP contribution in [0.5, 0.6) is 0 Å². The maximum Gasteiger partial charge on any atom is 0.270 e. The Morgan fingerprint density at radius 1 is 1.20 bits per heavy atom. The van der Waals surface area contributed by atoms with Crippen LogP contribution in [0.3, 0.4) is 0 Å². The molecule has 3 aromatic rings. The molecule has 2 aromatic heterocycles. The third-order valence-corrected chi connectivity index (χ3v) is 6.14. The van der Waals surface area contributed by atoms with E-state index in [9.17, 15) is 9.90 Å². The minimum Gasteiger partial charge on any atom is -0.391 e. The summed E-state index contributed by atoms with van der Waals surface area (Å²) in [6.45, 7) is 6.00. The van der Waals surface area contributed by atoms with Gasteiger partial charge in [-0.15, -0.1) is 11.3 Å². The topological polar surface area (TPSA) is 75.1 Å². The van der Waals surface area contributed by atoms with E-state index in [2.05, 4.69) is 39.6 Å². The molecule has 0 radical (unpaired) electrons. The largest absolute Gasteiger partial charge is 0.391 e. The molecule has 0 fully saturated rings. The summed E-state index contributed by atoms with van der Waals surface area (Å²) in [5.74, 6) is -0.237. The second kappa shape index (κ2) is 10.5. The zero-order valence-corrected chi connectivity index (χ0v) is 18.6. The van der Waals surface area contributed by atoms with E-state index in [1.165, 1.54) is 5.56 Å². The van der Waals surface area contributed by atoms with Crippen molar-refractivity contribution in [1.82, 2.24) is 15.3 Å². The molecule has 2 atom stereocenters. The lowest BCUT2D eigenvalue weighted by atomic mass is 9.99. The molecular weight excluding hydrogens is 394 g/mol. The van der Waals surface area contributed by atoms with Gasteiger partial charge in [-0.2, -0.15) is 0 Å². The average molecular weight is 424 g/mol. The Morgan fingerprint density at radius 3 is 2.60 bits per heavy atom. The van der Waals surface area contributed by atoms with Crippen LogP contribution in [0, 0.1) is 6.92 Å². The lowest BCUT2D eigenvalue weighted by Gasteiger charge is -2.22. The second-order valence-corrected chi connectivity index (χ2v) is 8.47. The average Bonchev–Trinajstić information content (AvgIpc) is 3.29. The van der Waals surface area contributed by atoms with Crippen molar-refractivity contribution in [2.24, 2.45) is 0 Å². The minimum atomic E-state index is -0.536. The molecule has 0 bridgehead atoms. The number of amides is 1. The van der Waals surface area contributed by atoms with E-state index in [1.54, 1.807) is 17.5 Å². The fraction of sp³-hybridized carbons (Fsp3) is 0.375. The number of aryl methyl sites for hydroxylation is 1. The van der Waals surface area contributed by atoms with Gasteiger partial charge in [0.1, 0.15) is 5.69 Å². The predicted octanol–water partition coefficient (Wildman–Crippen LogP) is 4.77. The molecule has 0 aliphatic rings. The lowest BCUT2D eigenvalue weighted by Crippen LogP contribution is -2.43. The van der Waals surface area contributed by atoms with Crippen LogP contribution in [-0.2, 0) is 6.42 Å². The molecule has 3 rings (SSSR count). The van der Waals surface area contributed by atoms with Crippen LogP contribution in [0.15, 0.2) is 48.2 Å². The van der Waals surface area contributed by atoms with Gasteiger partial charge in [0.25, 0.3) is 5.91 Å². The first-order valence-corrected chi connectivity index (χ1v) is 11.3. The quantitative estimate of drug-likeness (QED) is 0.520. The van der Waals surface area contributed by atoms with Gasteiger partial charge in [0.15, 0.2) is 0 Å². The summed E-state index contributed by atoms with van der Waals surface area (Å²) in [6.07, 6.45) is 6.04. The molecule has 2 heterocycles. The van der Waals surface area contributed by atoms with Crippen molar-refractivity contribution in [1.29, 1.82) is 0 Å². The Kier molecular flexibility index (Phi) is 7.71. The van der Waals surface area contributed by atoms with E-state index < -0.39 is 6.10 Å². The number of pyridine rings is 1. The number of benzene rings is 1. The standard InChI is InChI=1S/C24H29N3O2S/c1-4-6-22(28)20(5-2)27-24(29)21-12-19(16(3)13-26-21)11-17-7-9-18(10-8-17)23-14-25-15-30-23/h7-10,12-15,20,22,28H,4-6,11H2,1-3H3,(H,27,29). The smallest absolute Gasteiger partial charge is 0.270 e. The normalized spacial score (nSPS) is 13.1. The number of carbonyl (C=O) groups is 1. The number of aliphatic hydroxyl groups excluding tert-OH is 1. The number of carbonyl (C=O) groups excluding carboxylic acids is 1. The molecule has 2 unspecified atom stereocenters. The Balaban J connectivity index is 1.72. The van der Waals surface area contributed by atoms with E-state index in [4.69, 9.17) is 0 Å². The highest BCUT2D eigenvalue weighted by Gasteiger charge is 2.20. The van der Waals surface area contributed by atoms with Gasteiger partial charge in [-0.25, -0.2) is 0 Å². The molecule has 0 saturated carbocycles. The molecule has 158 valence electrons. The Labute approximate surface area is 182 Å². The fourth-order valence-corrected chi connectivity index (χ4v) is 4.08. The van der Waals surface area contributed by atoms with Crippen molar-refractivity contribution < 1.29 is 9.90 Å². The molecule has 0 aliphatic heterocycles. The molecule has 0 spiro atoms. The first-order chi connectivity index (χ1) is 14.5. The van der Waals surface area contributed by atoms with Gasteiger partial charge < -0.3 is 10.4 Å². The van der Waals surface area contributed by atoms with E-state index in [0.717, 1.165) is 34.4 Å². The van der Waals surface area contributed by atoms with E-state index >= 15 is 0 Å². The van der Waals surface area contributed by atoms with Gasteiger partial charge in [-0.3, -0.25) is 14.8 Å². The maximum atomic E-state index is 12.7. The first-order valence-electron chi connectivity index (χ1n) is 10.4. The van der Waals surface area contributed by atoms with Crippen LogP contribution in [0.4, 0.5) is 0 Å². The van der Waals surface area contributed by atoms with Gasteiger partial charge >= 0.3 is 0 Å². The number of aromatic nitrogens is 2. The van der Waals surface area contributed by atoms with Crippen LogP contribution < -0.4 is 5.32 Å². The predicted molar refractivity (Wildman–Crippen MR) is 122 cm³/mol. The number of hydrogen-bond donors (Lipinski definition) is 2. The van der Waals surface area contributed by atoms with Gasteiger partial charge in [0, 0.05) is 12.4 Å². The van der Waals surface area contributed by atoms with Crippen LogP contribution in [0.1, 0.15) is 60.3 Å². The molecule has 0 saturated heterocycles. The third kappa shape index (κ3) is 5.52. The number of aliphatic hydroxyl groups is 1. The number of nitrogens with one attached hydrogen (secondary N) is 1. The van der Waals surface area contributed by atoms with Gasteiger partial charge in [0.2, 0.25) is 0 Å². The van der Waals surface area contributed by atoms with Crippen molar-refractivity contribution in [3.05, 3.63) is 70.6 Å². The van der Waals surface area contributed by atoms with Crippen molar-refractivity contribution >= 4 is 17.2 Å². The Bertz CT molecular complexity index is 955. The number of thiazole rings is 1. The summed E-state index contributed by atoms with van der Waals surface area (Å²) >= 11 is 1.62. The van der Waals surface area contributed by atoms with Gasteiger partial charge in [-0.05, 0) is 54.5 Å². The molecular formula is C24H29N3O2S. The molecule has 5 nitrogen and oxygen atoms in total. The zero-order valence-electron chi connectivity index (χ0n) is 17.8. The summed E-state index contributed by atoms with van der Waals surface area (Å²) in [5.41, 5.74) is 6.68. The van der Waals surface area contributed by atoms with Crippen LogP contribution in [0.25, 0.3) is 10.4 Å². The van der Waals surface area contributed by atoms with Crippen molar-refractivity contribution in [3.8, 4) is 10.4 Å². The Hall–Kier alpha value is -2.57. The maximum absolute atomic E-state index is 12.7. The van der Waals surface area contributed by atoms with Crippen molar-refractivity contribution in [3.63, 3.8) is 0 Å². The molecule has 1 amide bonds. The number of nitrogens with zero attached hydrogens (tertiary/aromatic N) is 2. The van der Waals surface area contributed by atoms with Crippen LogP contribution in [0.2, 0.25) is 0 Å². The summed E-state index contributed by atoms with van der Waals surface area (Å²) in [5, 5.41) is 13.2. The fourth-order valence-electron chi connectivity index (χ4n) is 3.45. The number of hydrogen-bond acceptors (Lipinski definition) is 5. The zero-order chi connectivity index (χ0) is 21.5. The number of rotatable bonds is 9. The van der Waals surface area contributed by atoms with Gasteiger partial charge in [-0.1, -0.05) is 44.5 Å². The highest BCUT2D eigenvalue weighted by molar-refractivity contribution is 7.13. The van der Waals surface area contributed by atoms with E-state index in [1.807, 2.05) is 38.5 Å². The molecule has 2 N–H and O–H groups in total. The van der Waals surface area contributed by atoms with Crippen molar-refractivity contribution in [2.45, 2.75) is 58.6 Å². The van der Waals surface area contributed by atoms with E-state index in [-0.39, 0.29) is 11.9 Å². The summed E-state index contributed by atoms with van der Waals surface area (Å²) < 4.78 is 0. The highest BCUT2D eigenvalue weighted by atomic mass is 32.1. The van der Waals surface area contributed by atoms with Crippen LogP contribution >= 0.6 is 11.3 Å². The third-order valence-electron chi connectivity index (χ3n) is 5.32. The Morgan fingerprint density at radius 2 is 1.97 bits per heavy atom. The second-order valence-electron chi connectivity index (χ2n) is 7.58. The lowest BCUT2D eigenvalue weighted by molar-refractivity contribution is 0.0802.